The summed E-state index contributed by atoms with van der Waals surface area (Å²) >= 11 is 1.42. The lowest BCUT2D eigenvalue weighted by molar-refractivity contribution is -0.113. The van der Waals surface area contributed by atoms with Crippen molar-refractivity contribution in [2.75, 3.05) is 11.1 Å². The number of thioether (sulfide) groups is 1. The highest BCUT2D eigenvalue weighted by molar-refractivity contribution is 8.14. The van der Waals surface area contributed by atoms with Crippen molar-refractivity contribution in [1.82, 2.24) is 5.01 Å². The number of rotatable bonds is 4. The van der Waals surface area contributed by atoms with E-state index in [2.05, 4.69) is 29.5 Å². The van der Waals surface area contributed by atoms with Crippen molar-refractivity contribution in [3.63, 3.8) is 0 Å². The van der Waals surface area contributed by atoms with Gasteiger partial charge in [-0.2, -0.15) is 5.10 Å². The van der Waals surface area contributed by atoms with Crippen molar-refractivity contribution >= 4 is 40.4 Å². The first-order valence-electron chi connectivity index (χ1n) is 8.75. The Morgan fingerprint density at radius 2 is 2.15 bits per heavy atom. The maximum Gasteiger partial charge on any atom is 0.234 e. The fourth-order valence-corrected chi connectivity index (χ4v) is 3.98. The standard InChI is InChI=1S/C20H20N4OS/c1-2-14-6-5-7-15(12-14)22-19(25)13-26-20-23-17-9-4-3-8-16(17)18-10-11-21-24(18)20/h3-9,11-12,18H,2,10,13H2,1H3,(H,22,25). The van der Waals surface area contributed by atoms with Crippen molar-refractivity contribution in [1.29, 1.82) is 0 Å². The number of hydrogen-bond acceptors (Lipinski definition) is 5. The molecule has 2 aromatic carbocycles. The van der Waals surface area contributed by atoms with Gasteiger partial charge in [0.2, 0.25) is 5.91 Å². The number of amidine groups is 1. The van der Waals surface area contributed by atoms with Crippen LogP contribution in [0.1, 0.15) is 30.5 Å². The van der Waals surface area contributed by atoms with E-state index in [1.54, 1.807) is 0 Å². The van der Waals surface area contributed by atoms with Crippen LogP contribution < -0.4 is 5.32 Å². The van der Waals surface area contributed by atoms with Gasteiger partial charge in [-0.1, -0.05) is 49.0 Å². The zero-order chi connectivity index (χ0) is 17.9. The molecule has 5 nitrogen and oxygen atoms in total. The summed E-state index contributed by atoms with van der Waals surface area (Å²) in [7, 11) is 0. The highest BCUT2D eigenvalue weighted by atomic mass is 32.2. The highest BCUT2D eigenvalue weighted by Crippen LogP contribution is 2.40. The van der Waals surface area contributed by atoms with E-state index in [9.17, 15) is 4.79 Å². The number of hydrazone groups is 1. The molecule has 2 aliphatic rings. The third-order valence-corrected chi connectivity index (χ3v) is 5.43. The summed E-state index contributed by atoms with van der Waals surface area (Å²) in [6.07, 6.45) is 3.73. The number of carbonyl (C=O) groups excluding carboxylic acids is 1. The number of anilines is 1. The smallest absolute Gasteiger partial charge is 0.234 e. The van der Waals surface area contributed by atoms with Crippen molar-refractivity contribution in [3.8, 4) is 0 Å². The lowest BCUT2D eigenvalue weighted by Gasteiger charge is -2.29. The second kappa shape index (κ2) is 7.33. The van der Waals surface area contributed by atoms with Crippen LogP contribution in [0.2, 0.25) is 0 Å². The van der Waals surface area contributed by atoms with Crippen molar-refractivity contribution < 1.29 is 4.79 Å². The van der Waals surface area contributed by atoms with Crippen LogP contribution in [0.4, 0.5) is 11.4 Å². The van der Waals surface area contributed by atoms with Gasteiger partial charge in [0.15, 0.2) is 5.17 Å². The highest BCUT2D eigenvalue weighted by Gasteiger charge is 2.32. The van der Waals surface area contributed by atoms with Gasteiger partial charge in [-0.25, -0.2) is 10.0 Å². The molecule has 0 aliphatic carbocycles. The average Bonchev–Trinajstić information content (AvgIpc) is 3.16. The first-order valence-corrected chi connectivity index (χ1v) is 9.74. The first-order chi connectivity index (χ1) is 12.7. The molecule has 0 radical (unpaired) electrons. The molecular weight excluding hydrogens is 344 g/mol. The molecule has 2 aromatic rings. The van der Waals surface area contributed by atoms with Crippen LogP contribution in [-0.2, 0) is 11.2 Å². The molecule has 2 aliphatic heterocycles. The lowest BCUT2D eigenvalue weighted by atomic mass is 10.0. The molecule has 1 unspecified atom stereocenters. The second-order valence-corrected chi connectivity index (χ2v) is 7.18. The Balaban J connectivity index is 1.44. The van der Waals surface area contributed by atoms with Gasteiger partial charge in [0.25, 0.3) is 0 Å². The molecule has 0 saturated carbocycles. The van der Waals surface area contributed by atoms with Crippen LogP contribution in [0.25, 0.3) is 0 Å². The fourth-order valence-electron chi connectivity index (χ4n) is 3.18. The molecule has 0 bridgehead atoms. The van der Waals surface area contributed by atoms with Crippen molar-refractivity contribution in [2.24, 2.45) is 10.1 Å². The Bertz CT molecular complexity index is 893. The van der Waals surface area contributed by atoms with Crippen LogP contribution in [0, 0.1) is 0 Å². The summed E-state index contributed by atoms with van der Waals surface area (Å²) in [5.74, 6) is 0.264. The van der Waals surface area contributed by atoms with Gasteiger partial charge in [-0.15, -0.1) is 0 Å². The number of fused-ring (bicyclic) bond motifs is 3. The molecule has 2 heterocycles. The van der Waals surface area contributed by atoms with E-state index in [4.69, 9.17) is 4.99 Å². The van der Waals surface area contributed by atoms with Crippen LogP contribution in [0.3, 0.4) is 0 Å². The number of aryl methyl sites for hydroxylation is 1. The van der Waals surface area contributed by atoms with Crippen LogP contribution in [0.5, 0.6) is 0 Å². The van der Waals surface area contributed by atoms with Crippen LogP contribution in [-0.4, -0.2) is 28.1 Å². The van der Waals surface area contributed by atoms with E-state index in [1.165, 1.54) is 22.9 Å². The van der Waals surface area contributed by atoms with Gasteiger partial charge in [0.05, 0.1) is 17.5 Å². The van der Waals surface area contributed by atoms with Gasteiger partial charge < -0.3 is 5.32 Å². The predicted octanol–water partition coefficient (Wildman–Crippen LogP) is 4.35. The summed E-state index contributed by atoms with van der Waals surface area (Å²) in [5.41, 5.74) is 4.20. The molecule has 132 valence electrons. The average molecular weight is 364 g/mol. The quantitative estimate of drug-likeness (QED) is 0.877. The molecule has 0 spiro atoms. The number of nitrogens with zero attached hydrogens (tertiary/aromatic N) is 3. The maximum atomic E-state index is 12.3. The van der Waals surface area contributed by atoms with Crippen LogP contribution >= 0.6 is 11.8 Å². The number of amides is 1. The molecule has 1 N–H and O–H groups in total. The number of hydrogen-bond donors (Lipinski definition) is 1. The zero-order valence-corrected chi connectivity index (χ0v) is 15.4. The molecule has 4 rings (SSSR count). The minimum Gasteiger partial charge on any atom is -0.325 e. The zero-order valence-electron chi connectivity index (χ0n) is 14.6. The van der Waals surface area contributed by atoms with E-state index in [0.717, 1.165) is 29.4 Å². The normalized spacial score (nSPS) is 17.5. The van der Waals surface area contributed by atoms with Crippen molar-refractivity contribution in [3.05, 3.63) is 59.7 Å². The number of para-hydroxylation sites is 1. The van der Waals surface area contributed by atoms with E-state index >= 15 is 0 Å². The Morgan fingerprint density at radius 1 is 1.27 bits per heavy atom. The number of nitrogens with one attached hydrogen (secondary N) is 1. The van der Waals surface area contributed by atoms with E-state index in [-0.39, 0.29) is 11.9 Å². The maximum absolute atomic E-state index is 12.3. The Morgan fingerprint density at radius 3 is 3.04 bits per heavy atom. The van der Waals surface area contributed by atoms with Gasteiger partial charge in [0, 0.05) is 23.9 Å². The molecular formula is C20H20N4OS. The minimum absolute atomic E-state index is 0.0375. The van der Waals surface area contributed by atoms with Gasteiger partial charge >= 0.3 is 0 Å². The topological polar surface area (TPSA) is 57.1 Å². The predicted molar refractivity (Wildman–Crippen MR) is 108 cm³/mol. The summed E-state index contributed by atoms with van der Waals surface area (Å²) in [6, 6.07) is 16.3. The van der Waals surface area contributed by atoms with Gasteiger partial charge in [-0.05, 0) is 30.2 Å². The first kappa shape index (κ1) is 16.8. The van der Waals surface area contributed by atoms with Crippen molar-refractivity contribution in [2.45, 2.75) is 25.8 Å². The molecule has 6 heteroatoms. The summed E-state index contributed by atoms with van der Waals surface area (Å²) < 4.78 is 0. The molecule has 1 atom stereocenters. The second-order valence-electron chi connectivity index (χ2n) is 6.24. The summed E-state index contributed by atoms with van der Waals surface area (Å²) in [6.45, 7) is 2.10. The van der Waals surface area contributed by atoms with Crippen LogP contribution in [0.15, 0.2) is 58.6 Å². The Labute approximate surface area is 157 Å². The molecule has 0 fully saturated rings. The molecule has 1 amide bonds. The number of aliphatic imine (C=N–C) groups is 1. The Kier molecular flexibility index (Phi) is 4.75. The third-order valence-electron chi connectivity index (χ3n) is 4.49. The van der Waals surface area contributed by atoms with Gasteiger partial charge in [0.1, 0.15) is 0 Å². The summed E-state index contributed by atoms with van der Waals surface area (Å²) in [5, 5.41) is 10.1. The van der Waals surface area contributed by atoms with E-state index < -0.39 is 0 Å². The molecule has 0 saturated heterocycles. The fraction of sp³-hybridized carbons (Fsp3) is 0.250. The largest absolute Gasteiger partial charge is 0.325 e. The third kappa shape index (κ3) is 3.37. The monoisotopic (exact) mass is 364 g/mol. The molecule has 26 heavy (non-hydrogen) atoms. The molecule has 0 aromatic heterocycles. The Hall–Kier alpha value is -2.60. The van der Waals surface area contributed by atoms with E-state index in [0.29, 0.717) is 5.75 Å². The van der Waals surface area contributed by atoms with Gasteiger partial charge in [-0.3, -0.25) is 4.79 Å². The van der Waals surface area contributed by atoms with E-state index in [1.807, 2.05) is 47.6 Å². The lowest BCUT2D eigenvalue weighted by Crippen LogP contribution is -2.29. The minimum atomic E-state index is -0.0375. The summed E-state index contributed by atoms with van der Waals surface area (Å²) in [4.78, 5) is 17.1. The SMILES string of the molecule is CCc1cccc(NC(=O)CSC2=Nc3ccccc3C3CC=NN23)c1. The number of benzene rings is 2. The number of carbonyl (C=O) groups is 1.